The Morgan fingerprint density at radius 3 is 2.87 bits per heavy atom. The number of rotatable bonds is 7. The molecule has 0 saturated carbocycles. The summed E-state index contributed by atoms with van der Waals surface area (Å²) in [6, 6.07) is 7.71. The largest absolute Gasteiger partial charge is 0.384 e. The van der Waals surface area contributed by atoms with E-state index >= 15 is 0 Å². The number of hydrogen-bond donors (Lipinski definition) is 2. The number of anilines is 1. The summed E-state index contributed by atoms with van der Waals surface area (Å²) in [6.45, 7) is 3.42. The Labute approximate surface area is 95.8 Å². The van der Waals surface area contributed by atoms with Crippen LogP contribution >= 0.6 is 11.6 Å². The maximum absolute atomic E-state index is 5.85. The van der Waals surface area contributed by atoms with E-state index in [1.807, 2.05) is 24.3 Å². The summed E-state index contributed by atoms with van der Waals surface area (Å²) in [5, 5.41) is 7.28. The molecule has 0 aromatic heterocycles. The van der Waals surface area contributed by atoms with E-state index in [0.717, 1.165) is 37.0 Å². The van der Waals surface area contributed by atoms with Crippen LogP contribution in [0.1, 0.15) is 0 Å². The van der Waals surface area contributed by atoms with Gasteiger partial charge in [-0.25, -0.2) is 0 Å². The highest BCUT2D eigenvalue weighted by Crippen LogP contribution is 2.14. The molecule has 0 spiro atoms. The molecule has 0 bridgehead atoms. The molecule has 0 saturated heterocycles. The van der Waals surface area contributed by atoms with Gasteiger partial charge >= 0.3 is 0 Å². The molecule has 1 rings (SSSR count). The van der Waals surface area contributed by atoms with E-state index in [1.54, 1.807) is 7.11 Å². The molecule has 0 fully saturated rings. The topological polar surface area (TPSA) is 33.3 Å². The van der Waals surface area contributed by atoms with Crippen molar-refractivity contribution in [2.75, 3.05) is 38.7 Å². The van der Waals surface area contributed by atoms with E-state index in [4.69, 9.17) is 16.3 Å². The fourth-order valence-electron chi connectivity index (χ4n) is 1.19. The van der Waals surface area contributed by atoms with Crippen molar-refractivity contribution in [3.05, 3.63) is 29.3 Å². The molecule has 0 heterocycles. The van der Waals surface area contributed by atoms with Crippen LogP contribution in [0.3, 0.4) is 0 Å². The first kappa shape index (κ1) is 12.3. The van der Waals surface area contributed by atoms with Gasteiger partial charge in [0.25, 0.3) is 0 Å². The van der Waals surface area contributed by atoms with Crippen LogP contribution in [-0.2, 0) is 4.74 Å². The van der Waals surface area contributed by atoms with Gasteiger partial charge in [0.05, 0.1) is 6.61 Å². The summed E-state index contributed by atoms with van der Waals surface area (Å²) in [6.07, 6.45) is 0. The van der Waals surface area contributed by atoms with Crippen molar-refractivity contribution in [3.63, 3.8) is 0 Å². The van der Waals surface area contributed by atoms with Crippen LogP contribution in [0.2, 0.25) is 5.02 Å². The molecule has 1 aromatic rings. The second-order valence-corrected chi connectivity index (χ2v) is 3.62. The van der Waals surface area contributed by atoms with Crippen molar-refractivity contribution >= 4 is 17.3 Å². The lowest BCUT2D eigenvalue weighted by molar-refractivity contribution is 0.200. The predicted molar refractivity (Wildman–Crippen MR) is 64.7 cm³/mol. The Hall–Kier alpha value is -0.770. The van der Waals surface area contributed by atoms with Crippen molar-refractivity contribution in [3.8, 4) is 0 Å². The van der Waals surface area contributed by atoms with Crippen LogP contribution in [0.5, 0.6) is 0 Å². The number of nitrogens with one attached hydrogen (secondary N) is 2. The smallest absolute Gasteiger partial charge is 0.0587 e. The highest BCUT2D eigenvalue weighted by molar-refractivity contribution is 6.30. The molecule has 0 aliphatic heterocycles. The van der Waals surface area contributed by atoms with Gasteiger partial charge in [0.2, 0.25) is 0 Å². The van der Waals surface area contributed by atoms with E-state index < -0.39 is 0 Å². The molecule has 0 radical (unpaired) electrons. The summed E-state index contributed by atoms with van der Waals surface area (Å²) >= 11 is 5.85. The quantitative estimate of drug-likeness (QED) is 0.701. The second-order valence-electron chi connectivity index (χ2n) is 3.18. The first-order chi connectivity index (χ1) is 7.33. The minimum Gasteiger partial charge on any atom is -0.384 e. The normalized spacial score (nSPS) is 10.3. The Bertz CT molecular complexity index is 281. The molecule has 0 amide bonds. The van der Waals surface area contributed by atoms with E-state index in [-0.39, 0.29) is 0 Å². The van der Waals surface area contributed by atoms with E-state index in [0.29, 0.717) is 0 Å². The Morgan fingerprint density at radius 2 is 2.13 bits per heavy atom. The predicted octanol–water partition coefficient (Wildman–Crippen LogP) is 1.99. The zero-order valence-corrected chi connectivity index (χ0v) is 9.68. The molecule has 84 valence electrons. The molecule has 1 aromatic carbocycles. The molecule has 4 heteroatoms. The lowest BCUT2D eigenvalue weighted by atomic mass is 10.3. The van der Waals surface area contributed by atoms with Gasteiger partial charge in [0.15, 0.2) is 0 Å². The SMILES string of the molecule is COCCNCCNc1cccc(Cl)c1. The molecule has 0 atom stereocenters. The van der Waals surface area contributed by atoms with Crippen LogP contribution in [0.25, 0.3) is 0 Å². The fraction of sp³-hybridized carbons (Fsp3) is 0.455. The van der Waals surface area contributed by atoms with Gasteiger partial charge in [-0.1, -0.05) is 17.7 Å². The third-order valence-electron chi connectivity index (χ3n) is 1.94. The summed E-state index contributed by atoms with van der Waals surface area (Å²) in [5.41, 5.74) is 1.05. The minimum atomic E-state index is 0.747. The number of halogens is 1. The molecular weight excluding hydrogens is 212 g/mol. The van der Waals surface area contributed by atoms with Crippen molar-refractivity contribution in [2.45, 2.75) is 0 Å². The molecule has 0 aliphatic carbocycles. The zero-order chi connectivity index (χ0) is 10.9. The molecule has 3 nitrogen and oxygen atoms in total. The first-order valence-corrected chi connectivity index (χ1v) is 5.40. The van der Waals surface area contributed by atoms with Gasteiger partial charge in [0, 0.05) is 37.5 Å². The highest BCUT2D eigenvalue weighted by atomic mass is 35.5. The zero-order valence-electron chi connectivity index (χ0n) is 8.92. The summed E-state index contributed by atoms with van der Waals surface area (Å²) in [7, 11) is 1.70. The monoisotopic (exact) mass is 228 g/mol. The van der Waals surface area contributed by atoms with Crippen LogP contribution in [0.4, 0.5) is 5.69 Å². The van der Waals surface area contributed by atoms with Crippen molar-refractivity contribution in [1.82, 2.24) is 5.32 Å². The number of ether oxygens (including phenoxy) is 1. The van der Waals surface area contributed by atoms with Gasteiger partial charge in [-0.15, -0.1) is 0 Å². The molecular formula is C11H17ClN2O. The average Bonchev–Trinajstić information content (AvgIpc) is 2.23. The van der Waals surface area contributed by atoms with Gasteiger partial charge in [0.1, 0.15) is 0 Å². The van der Waals surface area contributed by atoms with Gasteiger partial charge in [-0.2, -0.15) is 0 Å². The second kappa shape index (κ2) is 7.51. The van der Waals surface area contributed by atoms with Gasteiger partial charge in [-0.05, 0) is 18.2 Å². The van der Waals surface area contributed by atoms with Crippen LogP contribution in [0, 0.1) is 0 Å². The van der Waals surface area contributed by atoms with Gasteiger partial charge in [-0.3, -0.25) is 0 Å². The first-order valence-electron chi connectivity index (χ1n) is 5.02. The average molecular weight is 229 g/mol. The van der Waals surface area contributed by atoms with Gasteiger partial charge < -0.3 is 15.4 Å². The lowest BCUT2D eigenvalue weighted by Gasteiger charge is -2.07. The maximum Gasteiger partial charge on any atom is 0.0587 e. The fourth-order valence-corrected chi connectivity index (χ4v) is 1.38. The summed E-state index contributed by atoms with van der Waals surface area (Å²) in [5.74, 6) is 0. The molecule has 2 N–H and O–H groups in total. The maximum atomic E-state index is 5.85. The van der Waals surface area contributed by atoms with Crippen LogP contribution in [0.15, 0.2) is 24.3 Å². The van der Waals surface area contributed by atoms with E-state index in [2.05, 4.69) is 10.6 Å². The number of benzene rings is 1. The molecule has 15 heavy (non-hydrogen) atoms. The lowest BCUT2D eigenvalue weighted by Crippen LogP contribution is -2.25. The standard InChI is InChI=1S/C11H17ClN2O/c1-15-8-7-13-5-6-14-11-4-2-3-10(12)9-11/h2-4,9,13-14H,5-8H2,1H3. The summed E-state index contributed by atoms with van der Waals surface area (Å²) in [4.78, 5) is 0. The third kappa shape index (κ3) is 5.62. The Kier molecular flexibility index (Phi) is 6.16. The third-order valence-corrected chi connectivity index (χ3v) is 2.17. The van der Waals surface area contributed by atoms with Crippen molar-refractivity contribution in [1.29, 1.82) is 0 Å². The van der Waals surface area contributed by atoms with Crippen molar-refractivity contribution < 1.29 is 4.74 Å². The van der Waals surface area contributed by atoms with E-state index in [9.17, 15) is 0 Å². The van der Waals surface area contributed by atoms with Crippen LogP contribution < -0.4 is 10.6 Å². The Balaban J connectivity index is 2.10. The Morgan fingerprint density at radius 1 is 1.27 bits per heavy atom. The summed E-state index contributed by atoms with van der Waals surface area (Å²) < 4.78 is 4.92. The minimum absolute atomic E-state index is 0.747. The van der Waals surface area contributed by atoms with Crippen molar-refractivity contribution in [2.24, 2.45) is 0 Å². The number of hydrogen-bond acceptors (Lipinski definition) is 3. The van der Waals surface area contributed by atoms with Crippen LogP contribution in [-0.4, -0.2) is 33.4 Å². The molecule has 0 unspecified atom stereocenters. The highest BCUT2D eigenvalue weighted by Gasteiger charge is 1.92. The van der Waals surface area contributed by atoms with E-state index in [1.165, 1.54) is 0 Å². The molecule has 0 aliphatic rings. The number of methoxy groups -OCH3 is 1.